The number of rotatable bonds is 6. The second-order valence-corrected chi connectivity index (χ2v) is 9.90. The maximum Gasteiger partial charge on any atom is 0.337 e. The molecule has 0 radical (unpaired) electrons. The number of carboxylic acid groups (broad SMARTS) is 1. The van der Waals surface area contributed by atoms with Crippen LogP contribution in [0.3, 0.4) is 0 Å². The highest BCUT2D eigenvalue weighted by atomic mass is 16.5. The molecular formula is C29H33NO6. The molecule has 5 rings (SSSR count). The first-order valence-corrected chi connectivity index (χ1v) is 12.8. The molecule has 1 fully saturated rings. The van der Waals surface area contributed by atoms with Gasteiger partial charge in [-0.2, -0.15) is 0 Å². The minimum atomic E-state index is -0.812. The molecule has 190 valence electrons. The Labute approximate surface area is 211 Å². The van der Waals surface area contributed by atoms with Gasteiger partial charge in [-0.05, 0) is 55.0 Å². The summed E-state index contributed by atoms with van der Waals surface area (Å²) in [5, 5.41) is 10.5. The third kappa shape index (κ3) is 4.54. The summed E-state index contributed by atoms with van der Waals surface area (Å²) in [5.74, 6) is 0.681. The molecule has 1 aromatic heterocycles. The van der Waals surface area contributed by atoms with E-state index in [4.69, 9.17) is 14.2 Å². The summed E-state index contributed by atoms with van der Waals surface area (Å²) in [6.07, 6.45) is 6.48. The number of hydrogen-bond acceptors (Lipinski definition) is 5. The van der Waals surface area contributed by atoms with Crippen LogP contribution in [-0.2, 0) is 16.1 Å². The summed E-state index contributed by atoms with van der Waals surface area (Å²) in [6.45, 7) is 1.02. The van der Waals surface area contributed by atoms with Gasteiger partial charge in [0.25, 0.3) is 0 Å². The number of carboxylic acids is 1. The van der Waals surface area contributed by atoms with E-state index >= 15 is 0 Å². The zero-order valence-corrected chi connectivity index (χ0v) is 20.9. The molecule has 2 heterocycles. The third-order valence-electron chi connectivity index (χ3n) is 7.66. The molecule has 3 aromatic rings. The zero-order valence-electron chi connectivity index (χ0n) is 20.9. The fourth-order valence-corrected chi connectivity index (χ4v) is 5.87. The van der Waals surface area contributed by atoms with Gasteiger partial charge in [-0.1, -0.05) is 25.3 Å². The second-order valence-electron chi connectivity index (χ2n) is 9.90. The standard InChI is InChI=1S/C29H33NO6/c1-34-21-10-12-23-25(15-21)36-17-18(8-13-26(31)32)16-30-24-14-20(29(33)35-2)9-11-22(24)27(28(23)30)19-6-4-3-5-7-19/h9-12,14-15,18-19H,3-8,13,16-17H2,1-2H3,(H,31,32). The number of aliphatic carboxylic acids is 1. The Morgan fingerprint density at radius 3 is 2.61 bits per heavy atom. The molecule has 1 aliphatic carbocycles. The van der Waals surface area contributed by atoms with Crippen LogP contribution in [0.2, 0.25) is 0 Å². The molecule has 0 amide bonds. The van der Waals surface area contributed by atoms with Crippen molar-refractivity contribution in [1.82, 2.24) is 4.57 Å². The van der Waals surface area contributed by atoms with Gasteiger partial charge < -0.3 is 23.9 Å². The van der Waals surface area contributed by atoms with Crippen molar-refractivity contribution >= 4 is 22.8 Å². The Morgan fingerprint density at radius 1 is 1.08 bits per heavy atom. The lowest BCUT2D eigenvalue weighted by molar-refractivity contribution is -0.137. The normalized spacial score (nSPS) is 17.9. The summed E-state index contributed by atoms with van der Waals surface area (Å²) in [5.41, 5.74) is 4.91. The molecule has 1 atom stereocenters. The van der Waals surface area contributed by atoms with Crippen molar-refractivity contribution in [1.29, 1.82) is 0 Å². The van der Waals surface area contributed by atoms with Crippen molar-refractivity contribution in [2.45, 2.75) is 57.4 Å². The van der Waals surface area contributed by atoms with Crippen LogP contribution in [0.4, 0.5) is 0 Å². The molecule has 1 saturated carbocycles. The number of nitrogens with zero attached hydrogens (tertiary/aromatic N) is 1. The van der Waals surface area contributed by atoms with E-state index in [9.17, 15) is 14.7 Å². The molecule has 2 aromatic carbocycles. The van der Waals surface area contributed by atoms with E-state index < -0.39 is 5.97 Å². The number of ether oxygens (including phenoxy) is 3. The maximum atomic E-state index is 12.4. The van der Waals surface area contributed by atoms with Crippen molar-refractivity contribution in [2.75, 3.05) is 20.8 Å². The molecule has 2 aliphatic rings. The number of aromatic nitrogens is 1. The summed E-state index contributed by atoms with van der Waals surface area (Å²) in [4.78, 5) is 23.8. The molecule has 7 heteroatoms. The topological polar surface area (TPSA) is 87.0 Å². The minimum Gasteiger partial charge on any atom is -0.497 e. The van der Waals surface area contributed by atoms with E-state index in [-0.39, 0.29) is 18.3 Å². The summed E-state index contributed by atoms with van der Waals surface area (Å²) in [6, 6.07) is 11.8. The first-order valence-electron chi connectivity index (χ1n) is 12.8. The highest BCUT2D eigenvalue weighted by molar-refractivity contribution is 5.99. The predicted octanol–water partition coefficient (Wildman–Crippen LogP) is 6.02. The minimum absolute atomic E-state index is 0.00390. The van der Waals surface area contributed by atoms with Crippen molar-refractivity contribution < 1.29 is 28.9 Å². The Bertz CT molecular complexity index is 1290. The van der Waals surface area contributed by atoms with E-state index in [2.05, 4.69) is 16.7 Å². The largest absolute Gasteiger partial charge is 0.497 e. The first kappa shape index (κ1) is 24.2. The Kier molecular flexibility index (Phi) is 6.90. The number of fused-ring (bicyclic) bond motifs is 5. The van der Waals surface area contributed by atoms with Gasteiger partial charge in [0.2, 0.25) is 0 Å². The number of methoxy groups -OCH3 is 2. The molecule has 36 heavy (non-hydrogen) atoms. The number of hydrogen-bond donors (Lipinski definition) is 1. The van der Waals surface area contributed by atoms with Crippen molar-refractivity contribution in [3.63, 3.8) is 0 Å². The van der Waals surface area contributed by atoms with Gasteiger partial charge in [-0.3, -0.25) is 4.79 Å². The first-order chi connectivity index (χ1) is 17.5. The van der Waals surface area contributed by atoms with E-state index in [1.165, 1.54) is 31.9 Å². The molecule has 1 unspecified atom stereocenters. The fourth-order valence-electron chi connectivity index (χ4n) is 5.87. The number of esters is 1. The van der Waals surface area contributed by atoms with Crippen LogP contribution in [0.1, 0.15) is 66.8 Å². The second kappa shape index (κ2) is 10.2. The monoisotopic (exact) mass is 491 g/mol. The van der Waals surface area contributed by atoms with Crippen LogP contribution in [0.15, 0.2) is 36.4 Å². The smallest absolute Gasteiger partial charge is 0.337 e. The predicted molar refractivity (Wildman–Crippen MR) is 137 cm³/mol. The molecule has 0 saturated heterocycles. The lowest BCUT2D eigenvalue weighted by atomic mass is 9.81. The lowest BCUT2D eigenvalue weighted by Gasteiger charge is -2.28. The molecule has 1 aliphatic heterocycles. The van der Waals surface area contributed by atoms with Crippen LogP contribution in [0.25, 0.3) is 22.2 Å². The zero-order chi connectivity index (χ0) is 25.2. The molecule has 1 N–H and O–H groups in total. The lowest BCUT2D eigenvalue weighted by Crippen LogP contribution is -2.23. The van der Waals surface area contributed by atoms with Crippen LogP contribution in [-0.4, -0.2) is 42.4 Å². The number of carbonyl (C=O) groups excluding carboxylic acids is 1. The number of benzene rings is 2. The van der Waals surface area contributed by atoms with Gasteiger partial charge in [0.1, 0.15) is 11.5 Å². The van der Waals surface area contributed by atoms with E-state index in [0.29, 0.717) is 36.8 Å². The summed E-state index contributed by atoms with van der Waals surface area (Å²) < 4.78 is 19.1. The highest BCUT2D eigenvalue weighted by Crippen LogP contribution is 2.48. The van der Waals surface area contributed by atoms with Crippen molar-refractivity contribution in [3.8, 4) is 22.8 Å². The molecule has 7 nitrogen and oxygen atoms in total. The SMILES string of the molecule is COC(=O)c1ccc2c(C3CCCCC3)c3n(c2c1)CC(CCC(=O)O)COc1cc(OC)ccc1-3. The number of carbonyl (C=O) groups is 2. The van der Waals surface area contributed by atoms with Crippen LogP contribution in [0.5, 0.6) is 11.5 Å². The van der Waals surface area contributed by atoms with Crippen LogP contribution >= 0.6 is 0 Å². The van der Waals surface area contributed by atoms with E-state index in [1.54, 1.807) is 7.11 Å². The third-order valence-corrected chi connectivity index (χ3v) is 7.66. The van der Waals surface area contributed by atoms with Gasteiger partial charge in [-0.25, -0.2) is 4.79 Å². The Morgan fingerprint density at radius 2 is 1.89 bits per heavy atom. The van der Waals surface area contributed by atoms with Gasteiger partial charge in [-0.15, -0.1) is 0 Å². The van der Waals surface area contributed by atoms with Gasteiger partial charge >= 0.3 is 11.9 Å². The van der Waals surface area contributed by atoms with E-state index in [0.717, 1.165) is 40.8 Å². The van der Waals surface area contributed by atoms with Gasteiger partial charge in [0.05, 0.1) is 32.1 Å². The van der Waals surface area contributed by atoms with Crippen LogP contribution < -0.4 is 9.47 Å². The summed E-state index contributed by atoms with van der Waals surface area (Å²) in [7, 11) is 3.03. The highest BCUT2D eigenvalue weighted by Gasteiger charge is 2.31. The van der Waals surface area contributed by atoms with Crippen molar-refractivity contribution in [2.24, 2.45) is 5.92 Å². The quantitative estimate of drug-likeness (QED) is 0.424. The van der Waals surface area contributed by atoms with Gasteiger partial charge in [0, 0.05) is 41.4 Å². The molecule has 0 bridgehead atoms. The summed E-state index contributed by atoms with van der Waals surface area (Å²) >= 11 is 0. The Balaban J connectivity index is 1.77. The van der Waals surface area contributed by atoms with Crippen LogP contribution in [0, 0.1) is 5.92 Å². The maximum absolute atomic E-state index is 12.4. The average molecular weight is 492 g/mol. The average Bonchev–Trinajstić information content (AvgIpc) is 3.21. The fraction of sp³-hybridized carbons (Fsp3) is 0.448. The molecule has 0 spiro atoms. The van der Waals surface area contributed by atoms with Crippen molar-refractivity contribution in [3.05, 3.63) is 47.5 Å². The Hall–Kier alpha value is -3.48. The van der Waals surface area contributed by atoms with E-state index in [1.807, 2.05) is 24.3 Å². The molecular weight excluding hydrogens is 458 g/mol. The van der Waals surface area contributed by atoms with Gasteiger partial charge in [0.15, 0.2) is 0 Å².